The monoisotopic (exact) mass is 481 g/mol. The predicted molar refractivity (Wildman–Crippen MR) is 126 cm³/mol. The molecule has 0 N–H and O–H groups in total. The first-order valence-corrected chi connectivity index (χ1v) is 11.1. The number of aryl methyl sites for hydroxylation is 1. The lowest BCUT2D eigenvalue weighted by Crippen LogP contribution is -2.28. The molecule has 1 saturated heterocycles. The summed E-state index contributed by atoms with van der Waals surface area (Å²) in [5.74, 6) is -1.48. The molecule has 3 aromatic carbocycles. The van der Waals surface area contributed by atoms with Gasteiger partial charge in [0.15, 0.2) is 0 Å². The molecule has 0 bridgehead atoms. The van der Waals surface area contributed by atoms with Crippen LogP contribution >= 0.6 is 23.4 Å². The number of esters is 1. The van der Waals surface area contributed by atoms with Gasteiger partial charge in [-0.15, -0.1) is 0 Å². The SMILES string of the molecule is Cc1ccc(C(=O)Oc2ccccc2/C=C2\SC(=O)N(Cc3c(F)cccc3Cl)C2=O)cc1. The maximum Gasteiger partial charge on any atom is 0.343 e. The van der Waals surface area contributed by atoms with E-state index in [4.69, 9.17) is 16.3 Å². The molecule has 0 aliphatic carbocycles. The molecule has 0 aromatic heterocycles. The van der Waals surface area contributed by atoms with Gasteiger partial charge >= 0.3 is 5.97 Å². The van der Waals surface area contributed by atoms with E-state index in [9.17, 15) is 18.8 Å². The molecule has 0 saturated carbocycles. The van der Waals surface area contributed by atoms with Gasteiger partial charge in [0, 0.05) is 16.1 Å². The number of carbonyl (C=O) groups is 3. The van der Waals surface area contributed by atoms with Gasteiger partial charge in [-0.25, -0.2) is 9.18 Å². The number of thioether (sulfide) groups is 1. The van der Waals surface area contributed by atoms with Crippen molar-refractivity contribution in [3.8, 4) is 5.75 Å². The number of para-hydroxylation sites is 1. The van der Waals surface area contributed by atoms with Crippen LogP contribution in [-0.4, -0.2) is 22.0 Å². The van der Waals surface area contributed by atoms with Crippen molar-refractivity contribution in [3.63, 3.8) is 0 Å². The first kappa shape index (κ1) is 22.8. The lowest BCUT2D eigenvalue weighted by Gasteiger charge is -2.14. The van der Waals surface area contributed by atoms with Crippen LogP contribution in [0.15, 0.2) is 71.6 Å². The van der Waals surface area contributed by atoms with Crippen molar-refractivity contribution in [2.75, 3.05) is 0 Å². The van der Waals surface area contributed by atoms with Gasteiger partial charge in [0.2, 0.25) is 0 Å². The lowest BCUT2D eigenvalue weighted by atomic mass is 10.1. The molecule has 1 aliphatic heterocycles. The second-order valence-electron chi connectivity index (χ2n) is 7.26. The third-order valence-corrected chi connectivity index (χ3v) is 6.21. The summed E-state index contributed by atoms with van der Waals surface area (Å²) in [6.45, 7) is 1.63. The number of carbonyl (C=O) groups excluding carboxylic acids is 3. The molecule has 33 heavy (non-hydrogen) atoms. The summed E-state index contributed by atoms with van der Waals surface area (Å²) < 4.78 is 19.7. The first-order chi connectivity index (χ1) is 15.8. The fourth-order valence-corrected chi connectivity index (χ4v) is 4.21. The van der Waals surface area contributed by atoms with E-state index in [2.05, 4.69) is 0 Å². The van der Waals surface area contributed by atoms with Gasteiger partial charge in [0.1, 0.15) is 11.6 Å². The molecule has 5 nitrogen and oxygen atoms in total. The second kappa shape index (κ2) is 9.60. The van der Waals surface area contributed by atoms with E-state index in [1.165, 1.54) is 24.3 Å². The van der Waals surface area contributed by atoms with Crippen LogP contribution in [0.25, 0.3) is 6.08 Å². The summed E-state index contributed by atoms with van der Waals surface area (Å²) in [6.07, 6.45) is 1.48. The van der Waals surface area contributed by atoms with E-state index in [-0.39, 0.29) is 27.8 Å². The molecular weight excluding hydrogens is 465 g/mol. The second-order valence-corrected chi connectivity index (χ2v) is 8.66. The van der Waals surface area contributed by atoms with Crippen LogP contribution in [0.4, 0.5) is 9.18 Å². The molecule has 0 unspecified atom stereocenters. The van der Waals surface area contributed by atoms with Crippen LogP contribution in [-0.2, 0) is 11.3 Å². The van der Waals surface area contributed by atoms with E-state index in [1.54, 1.807) is 48.5 Å². The zero-order chi connectivity index (χ0) is 23.5. The van der Waals surface area contributed by atoms with Crippen LogP contribution in [0.1, 0.15) is 27.0 Å². The molecule has 4 rings (SSSR count). The molecule has 8 heteroatoms. The Morgan fingerprint density at radius 1 is 1.06 bits per heavy atom. The highest BCUT2D eigenvalue weighted by atomic mass is 35.5. The summed E-state index contributed by atoms with van der Waals surface area (Å²) >= 11 is 6.76. The minimum Gasteiger partial charge on any atom is -0.422 e. The van der Waals surface area contributed by atoms with E-state index >= 15 is 0 Å². The molecule has 166 valence electrons. The van der Waals surface area contributed by atoms with Gasteiger partial charge in [0.25, 0.3) is 11.1 Å². The number of nitrogens with zero attached hydrogens (tertiary/aromatic N) is 1. The number of rotatable bonds is 5. The number of imide groups is 1. The smallest absolute Gasteiger partial charge is 0.343 e. The maximum absolute atomic E-state index is 14.1. The Kier molecular flexibility index (Phi) is 6.62. The minimum atomic E-state index is -0.598. The van der Waals surface area contributed by atoms with Gasteiger partial charge in [-0.2, -0.15) is 0 Å². The molecular formula is C25H17ClFNO4S. The molecule has 3 aromatic rings. The summed E-state index contributed by atoms with van der Waals surface area (Å²) in [6, 6.07) is 17.8. The minimum absolute atomic E-state index is 0.0649. The molecule has 2 amide bonds. The van der Waals surface area contributed by atoms with E-state index in [1.807, 2.05) is 6.92 Å². The average molecular weight is 482 g/mol. The van der Waals surface area contributed by atoms with Crippen molar-refractivity contribution in [3.05, 3.63) is 105 Å². The Bertz CT molecular complexity index is 1270. The van der Waals surface area contributed by atoms with E-state index in [0.29, 0.717) is 11.1 Å². The van der Waals surface area contributed by atoms with Gasteiger partial charge in [-0.1, -0.05) is 53.6 Å². The van der Waals surface area contributed by atoms with Crippen molar-refractivity contribution < 1.29 is 23.5 Å². The van der Waals surface area contributed by atoms with Crippen molar-refractivity contribution >= 4 is 46.6 Å². The molecule has 0 spiro atoms. The van der Waals surface area contributed by atoms with Crippen molar-refractivity contribution in [1.82, 2.24) is 4.90 Å². The van der Waals surface area contributed by atoms with Crippen LogP contribution < -0.4 is 4.74 Å². The predicted octanol–water partition coefficient (Wildman–Crippen LogP) is 6.24. The Hall–Kier alpha value is -3.42. The van der Waals surface area contributed by atoms with Crippen molar-refractivity contribution in [2.45, 2.75) is 13.5 Å². The standard InChI is InChI=1S/C25H17ClFNO4S/c1-15-9-11-16(12-10-15)24(30)32-21-8-3-2-5-17(21)13-22-23(29)28(25(31)33-22)14-18-19(26)6-4-7-20(18)27/h2-13H,14H2,1H3/b22-13-. The average Bonchev–Trinajstić information content (AvgIpc) is 3.05. The zero-order valence-electron chi connectivity index (χ0n) is 17.4. The molecule has 0 radical (unpaired) electrons. The maximum atomic E-state index is 14.1. The Labute approximate surface area is 198 Å². The highest BCUT2D eigenvalue weighted by molar-refractivity contribution is 8.18. The van der Waals surface area contributed by atoms with Crippen LogP contribution in [0, 0.1) is 12.7 Å². The topological polar surface area (TPSA) is 63.7 Å². The summed E-state index contributed by atoms with van der Waals surface area (Å²) in [5.41, 5.74) is 1.92. The largest absolute Gasteiger partial charge is 0.422 e. The molecule has 0 atom stereocenters. The van der Waals surface area contributed by atoms with Gasteiger partial charge in [-0.05, 0) is 55.1 Å². The number of amides is 2. The Balaban J connectivity index is 1.57. The van der Waals surface area contributed by atoms with Crippen LogP contribution in [0.2, 0.25) is 5.02 Å². The Morgan fingerprint density at radius 2 is 1.79 bits per heavy atom. The highest BCUT2D eigenvalue weighted by Gasteiger charge is 2.36. The third-order valence-electron chi connectivity index (χ3n) is 4.95. The number of benzene rings is 3. The molecule has 1 aliphatic rings. The van der Waals surface area contributed by atoms with Crippen molar-refractivity contribution in [1.29, 1.82) is 0 Å². The number of hydrogen-bond acceptors (Lipinski definition) is 5. The van der Waals surface area contributed by atoms with E-state index in [0.717, 1.165) is 22.2 Å². The number of hydrogen-bond donors (Lipinski definition) is 0. The Morgan fingerprint density at radius 3 is 2.52 bits per heavy atom. The van der Waals surface area contributed by atoms with E-state index < -0.39 is 22.9 Å². The number of halogens is 2. The fraction of sp³-hybridized carbons (Fsp3) is 0.0800. The fourth-order valence-electron chi connectivity index (χ4n) is 3.16. The molecule has 1 heterocycles. The zero-order valence-corrected chi connectivity index (χ0v) is 19.0. The quantitative estimate of drug-likeness (QED) is 0.245. The normalized spacial score (nSPS) is 14.8. The van der Waals surface area contributed by atoms with Crippen molar-refractivity contribution in [2.24, 2.45) is 0 Å². The van der Waals surface area contributed by atoms with Gasteiger partial charge < -0.3 is 4.74 Å². The summed E-state index contributed by atoms with van der Waals surface area (Å²) in [5, 5.41) is -0.411. The third kappa shape index (κ3) is 4.99. The van der Waals surface area contributed by atoms with Gasteiger partial charge in [0.05, 0.1) is 17.0 Å². The lowest BCUT2D eigenvalue weighted by molar-refractivity contribution is -0.123. The summed E-state index contributed by atoms with van der Waals surface area (Å²) in [4.78, 5) is 38.9. The molecule has 1 fully saturated rings. The van der Waals surface area contributed by atoms with Crippen LogP contribution in [0.3, 0.4) is 0 Å². The van der Waals surface area contributed by atoms with Crippen LogP contribution in [0.5, 0.6) is 5.75 Å². The number of ether oxygens (including phenoxy) is 1. The van der Waals surface area contributed by atoms with Gasteiger partial charge in [-0.3, -0.25) is 14.5 Å². The first-order valence-electron chi connectivity index (χ1n) is 9.89. The summed E-state index contributed by atoms with van der Waals surface area (Å²) in [7, 11) is 0. The highest BCUT2D eigenvalue weighted by Crippen LogP contribution is 2.36.